The van der Waals surface area contributed by atoms with Crippen LogP contribution in [0.15, 0.2) is 30.3 Å². The first-order valence-corrected chi connectivity index (χ1v) is 6.45. The summed E-state index contributed by atoms with van der Waals surface area (Å²) in [6.07, 6.45) is 0.157. The molecule has 1 N–H and O–H groups in total. The maximum Gasteiger partial charge on any atom is 0.228 e. The van der Waals surface area contributed by atoms with Crippen molar-refractivity contribution in [3.8, 4) is 0 Å². The van der Waals surface area contributed by atoms with Crippen molar-refractivity contribution >= 4 is 29.0 Å². The standard InChI is InChI=1S/C15H8ClF2NO2/c16-10-6-13-8(5-14(20)19-13)3-9(10)15(21)7-1-2-11(17)12(18)4-7/h1-4,6H,5H2,(H,19,20). The van der Waals surface area contributed by atoms with Gasteiger partial charge in [-0.15, -0.1) is 0 Å². The van der Waals surface area contributed by atoms with Crippen LogP contribution in [0.3, 0.4) is 0 Å². The average molecular weight is 308 g/mol. The van der Waals surface area contributed by atoms with Crippen molar-refractivity contribution in [1.29, 1.82) is 0 Å². The van der Waals surface area contributed by atoms with Crippen molar-refractivity contribution < 1.29 is 18.4 Å². The molecule has 1 aliphatic rings. The molecule has 0 bridgehead atoms. The number of benzene rings is 2. The molecule has 0 radical (unpaired) electrons. The quantitative estimate of drug-likeness (QED) is 0.865. The van der Waals surface area contributed by atoms with Gasteiger partial charge in [0, 0.05) is 16.8 Å². The van der Waals surface area contributed by atoms with E-state index >= 15 is 0 Å². The molecule has 1 amide bonds. The number of fused-ring (bicyclic) bond motifs is 1. The van der Waals surface area contributed by atoms with Crippen LogP contribution in [0.5, 0.6) is 0 Å². The third-order valence-corrected chi connectivity index (χ3v) is 3.56. The van der Waals surface area contributed by atoms with Gasteiger partial charge in [-0.1, -0.05) is 11.6 Å². The highest BCUT2D eigenvalue weighted by molar-refractivity contribution is 6.35. The Hall–Kier alpha value is -2.27. The Morgan fingerprint density at radius 2 is 1.90 bits per heavy atom. The summed E-state index contributed by atoms with van der Waals surface area (Å²) in [6.45, 7) is 0. The summed E-state index contributed by atoms with van der Waals surface area (Å²) < 4.78 is 26.1. The van der Waals surface area contributed by atoms with Crippen LogP contribution in [0.1, 0.15) is 21.5 Å². The molecule has 6 heteroatoms. The normalized spacial score (nSPS) is 13.0. The number of nitrogens with one attached hydrogen (secondary N) is 1. The van der Waals surface area contributed by atoms with Gasteiger partial charge < -0.3 is 5.32 Å². The Kier molecular flexibility index (Phi) is 3.22. The minimum absolute atomic E-state index is 0.00645. The highest BCUT2D eigenvalue weighted by Gasteiger charge is 2.23. The van der Waals surface area contributed by atoms with Gasteiger partial charge in [-0.05, 0) is 35.9 Å². The van der Waals surface area contributed by atoms with Gasteiger partial charge in [-0.25, -0.2) is 8.78 Å². The van der Waals surface area contributed by atoms with E-state index in [1.54, 1.807) is 0 Å². The van der Waals surface area contributed by atoms with Crippen LogP contribution in [0.2, 0.25) is 5.02 Å². The maximum atomic E-state index is 13.2. The van der Waals surface area contributed by atoms with Gasteiger partial charge in [0.1, 0.15) is 0 Å². The van der Waals surface area contributed by atoms with Gasteiger partial charge in [0.2, 0.25) is 5.91 Å². The molecular weight excluding hydrogens is 300 g/mol. The zero-order valence-corrected chi connectivity index (χ0v) is 11.3. The number of anilines is 1. The largest absolute Gasteiger partial charge is 0.325 e. The molecule has 0 aliphatic carbocycles. The van der Waals surface area contributed by atoms with E-state index in [4.69, 9.17) is 11.6 Å². The van der Waals surface area contributed by atoms with Crippen molar-refractivity contribution in [2.75, 3.05) is 5.32 Å². The molecule has 2 aromatic carbocycles. The summed E-state index contributed by atoms with van der Waals surface area (Å²) in [5, 5.41) is 2.76. The molecule has 0 spiro atoms. The van der Waals surface area contributed by atoms with E-state index in [1.165, 1.54) is 18.2 Å². The fraction of sp³-hybridized carbons (Fsp3) is 0.0667. The molecule has 0 saturated carbocycles. The minimum atomic E-state index is -1.10. The molecule has 106 valence electrons. The second-order valence-electron chi connectivity index (χ2n) is 4.67. The molecule has 0 fully saturated rings. The highest BCUT2D eigenvalue weighted by Crippen LogP contribution is 2.31. The summed E-state index contributed by atoms with van der Waals surface area (Å²) >= 11 is 6.03. The van der Waals surface area contributed by atoms with Crippen LogP contribution in [-0.2, 0) is 11.2 Å². The lowest BCUT2D eigenvalue weighted by atomic mass is 10.00. The van der Waals surface area contributed by atoms with Gasteiger partial charge in [0.05, 0.1) is 11.4 Å². The Balaban J connectivity index is 2.04. The van der Waals surface area contributed by atoms with Crippen molar-refractivity contribution in [1.82, 2.24) is 0 Å². The SMILES string of the molecule is O=C1Cc2cc(C(=O)c3ccc(F)c(F)c3)c(Cl)cc2N1. The van der Waals surface area contributed by atoms with Crippen LogP contribution in [0.4, 0.5) is 14.5 Å². The molecule has 1 heterocycles. The van der Waals surface area contributed by atoms with Crippen molar-refractivity contribution in [3.63, 3.8) is 0 Å². The van der Waals surface area contributed by atoms with Gasteiger partial charge >= 0.3 is 0 Å². The summed E-state index contributed by atoms with van der Waals surface area (Å²) in [5.74, 6) is -2.84. The van der Waals surface area contributed by atoms with E-state index < -0.39 is 17.4 Å². The molecule has 0 atom stereocenters. The second-order valence-corrected chi connectivity index (χ2v) is 5.08. The molecule has 21 heavy (non-hydrogen) atoms. The number of hydrogen-bond acceptors (Lipinski definition) is 2. The molecule has 0 unspecified atom stereocenters. The molecular formula is C15H8ClF2NO2. The predicted octanol–water partition coefficient (Wildman–Crippen LogP) is 3.34. The van der Waals surface area contributed by atoms with Gasteiger partial charge in [0.15, 0.2) is 17.4 Å². The van der Waals surface area contributed by atoms with Crippen molar-refractivity contribution in [3.05, 3.63) is 63.7 Å². The van der Waals surface area contributed by atoms with Gasteiger partial charge in [-0.2, -0.15) is 0 Å². The second kappa shape index (κ2) is 4.93. The first-order chi connectivity index (χ1) is 9.95. The van der Waals surface area contributed by atoms with E-state index in [2.05, 4.69) is 5.32 Å². The molecule has 3 nitrogen and oxygen atoms in total. The fourth-order valence-corrected chi connectivity index (χ4v) is 2.46. The number of ketones is 1. The first-order valence-electron chi connectivity index (χ1n) is 6.08. The molecule has 2 aromatic rings. The number of rotatable bonds is 2. The van der Waals surface area contributed by atoms with E-state index in [0.29, 0.717) is 11.3 Å². The Bertz CT molecular complexity index is 789. The minimum Gasteiger partial charge on any atom is -0.325 e. The summed E-state index contributed by atoms with van der Waals surface area (Å²) in [4.78, 5) is 23.6. The van der Waals surface area contributed by atoms with Crippen LogP contribution in [0, 0.1) is 11.6 Å². The third kappa shape index (κ3) is 2.40. The number of carbonyl (C=O) groups excluding carboxylic acids is 2. The lowest BCUT2D eigenvalue weighted by molar-refractivity contribution is -0.115. The Morgan fingerprint density at radius 3 is 2.62 bits per heavy atom. The van der Waals surface area contributed by atoms with E-state index in [9.17, 15) is 18.4 Å². The predicted molar refractivity (Wildman–Crippen MR) is 73.6 cm³/mol. The lowest BCUT2D eigenvalue weighted by Gasteiger charge is -2.07. The summed E-state index contributed by atoms with van der Waals surface area (Å²) in [6, 6.07) is 5.88. The fourth-order valence-electron chi connectivity index (χ4n) is 2.21. The summed E-state index contributed by atoms with van der Waals surface area (Å²) in [5.41, 5.74) is 1.35. The Morgan fingerprint density at radius 1 is 1.14 bits per heavy atom. The third-order valence-electron chi connectivity index (χ3n) is 3.24. The van der Waals surface area contributed by atoms with Crippen molar-refractivity contribution in [2.45, 2.75) is 6.42 Å². The molecule has 1 aliphatic heterocycles. The lowest BCUT2D eigenvalue weighted by Crippen LogP contribution is -2.04. The van der Waals surface area contributed by atoms with E-state index in [1.807, 2.05) is 0 Å². The average Bonchev–Trinajstić information content (AvgIpc) is 2.79. The highest BCUT2D eigenvalue weighted by atomic mass is 35.5. The maximum absolute atomic E-state index is 13.2. The number of hydrogen-bond donors (Lipinski definition) is 1. The Labute approximate surface area is 123 Å². The van der Waals surface area contributed by atoms with E-state index in [0.717, 1.165) is 12.1 Å². The number of amides is 1. The molecule has 0 aromatic heterocycles. The smallest absolute Gasteiger partial charge is 0.228 e. The van der Waals surface area contributed by atoms with Gasteiger partial charge in [0.25, 0.3) is 0 Å². The van der Waals surface area contributed by atoms with E-state index in [-0.39, 0.29) is 28.5 Å². The van der Waals surface area contributed by atoms with Crippen LogP contribution >= 0.6 is 11.6 Å². The van der Waals surface area contributed by atoms with Crippen molar-refractivity contribution in [2.24, 2.45) is 0 Å². The monoisotopic (exact) mass is 307 g/mol. The molecule has 0 saturated heterocycles. The number of carbonyl (C=O) groups is 2. The zero-order valence-electron chi connectivity index (χ0n) is 10.5. The molecule has 3 rings (SSSR count). The van der Waals surface area contributed by atoms with Crippen LogP contribution < -0.4 is 5.32 Å². The van der Waals surface area contributed by atoms with Crippen LogP contribution in [0.25, 0.3) is 0 Å². The van der Waals surface area contributed by atoms with Crippen LogP contribution in [-0.4, -0.2) is 11.7 Å². The zero-order chi connectivity index (χ0) is 15.1. The first kappa shape index (κ1) is 13.7. The van der Waals surface area contributed by atoms with Gasteiger partial charge in [-0.3, -0.25) is 9.59 Å². The number of halogens is 3. The topological polar surface area (TPSA) is 46.2 Å². The summed E-state index contributed by atoms with van der Waals surface area (Å²) in [7, 11) is 0.